The number of rotatable bonds is 7. The van der Waals surface area contributed by atoms with Crippen molar-refractivity contribution in [2.75, 3.05) is 4.72 Å². The van der Waals surface area contributed by atoms with Crippen LogP contribution in [0.3, 0.4) is 0 Å². The number of amides is 1. The smallest absolute Gasteiger partial charge is 0.264 e. The molecule has 0 aliphatic rings. The van der Waals surface area contributed by atoms with Gasteiger partial charge in [-0.05, 0) is 42.3 Å². The summed E-state index contributed by atoms with van der Waals surface area (Å²) >= 11 is 0. The second-order valence-electron chi connectivity index (χ2n) is 7.47. The normalized spacial score (nSPS) is 12.3. The van der Waals surface area contributed by atoms with Gasteiger partial charge in [0, 0.05) is 13.0 Å². The van der Waals surface area contributed by atoms with Crippen LogP contribution >= 0.6 is 0 Å². The number of hydrogen-bond acceptors (Lipinski definition) is 4. The van der Waals surface area contributed by atoms with Crippen LogP contribution in [0.1, 0.15) is 36.7 Å². The standard InChI is InChI=1S/C25H22FN3O3S.H2/c1-2-21(17-8-4-3-5-9-17)28-25(30)20-16-19(26)13-14-22(20)29-33(31,32)23-12-6-10-18-11-7-15-27-24(18)23;/h3-16,21,29H,2H2,1H3,(H,28,30);1H/t21-;/m1./s1. The van der Waals surface area contributed by atoms with Crippen LogP contribution in [0.25, 0.3) is 10.9 Å². The van der Waals surface area contributed by atoms with Gasteiger partial charge in [-0.15, -0.1) is 0 Å². The molecular weight excluding hydrogens is 441 g/mol. The van der Waals surface area contributed by atoms with Crippen molar-refractivity contribution >= 4 is 32.5 Å². The van der Waals surface area contributed by atoms with E-state index in [1.807, 2.05) is 37.3 Å². The van der Waals surface area contributed by atoms with E-state index in [1.165, 1.54) is 18.3 Å². The highest BCUT2D eigenvalue weighted by Gasteiger charge is 2.23. The van der Waals surface area contributed by atoms with Gasteiger partial charge in [-0.3, -0.25) is 14.5 Å². The number of sulfonamides is 1. The number of nitrogens with one attached hydrogen (secondary N) is 2. The topological polar surface area (TPSA) is 88.2 Å². The summed E-state index contributed by atoms with van der Waals surface area (Å²) in [6.07, 6.45) is 2.11. The number of aromatic nitrogens is 1. The maximum Gasteiger partial charge on any atom is 0.264 e. The first kappa shape index (κ1) is 22.4. The minimum absolute atomic E-state index is 0. The van der Waals surface area contributed by atoms with Gasteiger partial charge in [0.05, 0.1) is 22.8 Å². The van der Waals surface area contributed by atoms with Crippen LogP contribution in [-0.2, 0) is 10.0 Å². The van der Waals surface area contributed by atoms with Crippen molar-refractivity contribution in [1.29, 1.82) is 0 Å². The molecule has 170 valence electrons. The van der Waals surface area contributed by atoms with Crippen LogP contribution in [0.2, 0.25) is 0 Å². The Morgan fingerprint density at radius 1 is 1.03 bits per heavy atom. The third-order valence-electron chi connectivity index (χ3n) is 5.27. The molecule has 1 amide bonds. The van der Waals surface area contributed by atoms with Crippen molar-refractivity contribution < 1.29 is 19.0 Å². The quantitative estimate of drug-likeness (QED) is 0.388. The number of anilines is 1. The fraction of sp³-hybridized carbons (Fsp3) is 0.120. The van der Waals surface area contributed by atoms with Gasteiger partial charge in [0.2, 0.25) is 0 Å². The van der Waals surface area contributed by atoms with Gasteiger partial charge in [-0.25, -0.2) is 12.8 Å². The Morgan fingerprint density at radius 3 is 2.55 bits per heavy atom. The van der Waals surface area contributed by atoms with Gasteiger partial charge in [-0.1, -0.05) is 55.5 Å². The Hall–Kier alpha value is -3.78. The maximum atomic E-state index is 14.0. The number of para-hydroxylation sites is 1. The third kappa shape index (κ3) is 4.85. The number of nitrogens with zero attached hydrogens (tertiary/aromatic N) is 1. The fourth-order valence-corrected chi connectivity index (χ4v) is 4.89. The molecule has 0 aliphatic heterocycles. The van der Waals surface area contributed by atoms with Crippen molar-refractivity contribution in [1.82, 2.24) is 10.3 Å². The zero-order valence-electron chi connectivity index (χ0n) is 17.8. The van der Waals surface area contributed by atoms with Gasteiger partial charge in [0.25, 0.3) is 15.9 Å². The van der Waals surface area contributed by atoms with E-state index in [4.69, 9.17) is 0 Å². The van der Waals surface area contributed by atoms with E-state index in [2.05, 4.69) is 15.0 Å². The van der Waals surface area contributed by atoms with E-state index in [1.54, 1.807) is 24.3 Å². The zero-order valence-corrected chi connectivity index (χ0v) is 18.6. The molecule has 1 aromatic heterocycles. The second-order valence-corrected chi connectivity index (χ2v) is 9.12. The first-order chi connectivity index (χ1) is 15.9. The molecule has 33 heavy (non-hydrogen) atoms. The fourth-order valence-electron chi connectivity index (χ4n) is 3.63. The van der Waals surface area contributed by atoms with Crippen LogP contribution in [0.15, 0.2) is 90.0 Å². The molecule has 1 heterocycles. The summed E-state index contributed by atoms with van der Waals surface area (Å²) in [5, 5.41) is 3.53. The minimum Gasteiger partial charge on any atom is -0.345 e. The monoisotopic (exact) mass is 465 g/mol. The van der Waals surface area contributed by atoms with Crippen molar-refractivity contribution in [3.05, 3.63) is 102 Å². The minimum atomic E-state index is -4.11. The van der Waals surface area contributed by atoms with Gasteiger partial charge < -0.3 is 5.32 Å². The summed E-state index contributed by atoms with van der Waals surface area (Å²) in [6.45, 7) is 1.92. The second kappa shape index (κ2) is 9.38. The Bertz CT molecular complexity index is 1410. The summed E-state index contributed by atoms with van der Waals surface area (Å²) in [5.41, 5.74) is 1.07. The van der Waals surface area contributed by atoms with Crippen LogP contribution in [-0.4, -0.2) is 19.3 Å². The Labute approximate surface area is 193 Å². The van der Waals surface area contributed by atoms with Crippen molar-refractivity contribution in [3.8, 4) is 0 Å². The predicted molar refractivity (Wildman–Crippen MR) is 128 cm³/mol. The van der Waals surface area contributed by atoms with Gasteiger partial charge in [0.15, 0.2) is 0 Å². The highest BCUT2D eigenvalue weighted by Crippen LogP contribution is 2.26. The molecule has 0 saturated carbocycles. The number of pyridine rings is 1. The van der Waals surface area contributed by atoms with Crippen molar-refractivity contribution in [2.45, 2.75) is 24.3 Å². The number of benzene rings is 3. The lowest BCUT2D eigenvalue weighted by Gasteiger charge is -2.19. The summed E-state index contributed by atoms with van der Waals surface area (Å²) < 4.78 is 42.9. The molecule has 0 unspecified atom stereocenters. The number of carbonyl (C=O) groups excluding carboxylic acids is 1. The zero-order chi connectivity index (χ0) is 23.4. The highest BCUT2D eigenvalue weighted by molar-refractivity contribution is 7.93. The van der Waals surface area contributed by atoms with Crippen LogP contribution in [0, 0.1) is 5.82 Å². The van der Waals surface area contributed by atoms with E-state index in [9.17, 15) is 17.6 Å². The summed E-state index contributed by atoms with van der Waals surface area (Å²) in [7, 11) is -4.11. The van der Waals surface area contributed by atoms with Crippen LogP contribution < -0.4 is 10.0 Å². The molecule has 3 aromatic carbocycles. The third-order valence-corrected chi connectivity index (χ3v) is 6.67. The molecule has 0 bridgehead atoms. The number of halogens is 1. The van der Waals surface area contributed by atoms with Crippen LogP contribution in [0.4, 0.5) is 10.1 Å². The lowest BCUT2D eigenvalue weighted by atomic mass is 10.0. The molecule has 4 aromatic rings. The van der Waals surface area contributed by atoms with E-state index in [0.717, 1.165) is 17.7 Å². The average Bonchev–Trinajstić information content (AvgIpc) is 2.83. The summed E-state index contributed by atoms with van der Waals surface area (Å²) in [5.74, 6) is -1.23. The molecular formula is C25H24FN3O3S. The van der Waals surface area contributed by atoms with Gasteiger partial charge in [0.1, 0.15) is 10.7 Å². The molecule has 0 radical (unpaired) electrons. The van der Waals surface area contributed by atoms with Gasteiger partial charge in [-0.2, -0.15) is 0 Å². The number of fused-ring (bicyclic) bond motifs is 1. The molecule has 8 heteroatoms. The molecule has 0 saturated heterocycles. The average molecular weight is 466 g/mol. The lowest BCUT2D eigenvalue weighted by molar-refractivity contribution is 0.0936. The van der Waals surface area contributed by atoms with E-state index < -0.39 is 21.7 Å². The number of carbonyl (C=O) groups is 1. The number of hydrogen-bond donors (Lipinski definition) is 2. The molecule has 0 spiro atoms. The Kier molecular flexibility index (Phi) is 6.37. The van der Waals surface area contributed by atoms with Crippen LogP contribution in [0.5, 0.6) is 0 Å². The molecule has 4 rings (SSSR count). The first-order valence-electron chi connectivity index (χ1n) is 10.4. The molecule has 0 fully saturated rings. The lowest BCUT2D eigenvalue weighted by Crippen LogP contribution is -2.29. The predicted octanol–water partition coefficient (Wildman–Crippen LogP) is 5.30. The van der Waals surface area contributed by atoms with Crippen molar-refractivity contribution in [3.63, 3.8) is 0 Å². The van der Waals surface area contributed by atoms with E-state index in [-0.39, 0.29) is 23.6 Å². The molecule has 2 N–H and O–H groups in total. The highest BCUT2D eigenvalue weighted by atomic mass is 32.2. The first-order valence-corrected chi connectivity index (χ1v) is 11.9. The largest absolute Gasteiger partial charge is 0.345 e. The molecule has 1 atom stereocenters. The molecule has 6 nitrogen and oxygen atoms in total. The summed E-state index contributed by atoms with van der Waals surface area (Å²) in [4.78, 5) is 17.2. The SMILES string of the molecule is CC[C@@H](NC(=O)c1cc(F)ccc1NS(=O)(=O)c1cccc2cccnc12)c1ccccc1.[HH]. The van der Waals surface area contributed by atoms with Crippen molar-refractivity contribution in [2.24, 2.45) is 0 Å². The van der Waals surface area contributed by atoms with E-state index in [0.29, 0.717) is 17.3 Å². The Morgan fingerprint density at radius 2 is 1.79 bits per heavy atom. The van der Waals surface area contributed by atoms with E-state index >= 15 is 0 Å². The Balaban J connectivity index is 0.00000324. The van der Waals surface area contributed by atoms with Gasteiger partial charge >= 0.3 is 0 Å². The summed E-state index contributed by atoms with van der Waals surface area (Å²) in [6, 6.07) is 20.7. The molecule has 0 aliphatic carbocycles. The maximum absolute atomic E-state index is 14.0.